The zero-order chi connectivity index (χ0) is 11.3. The van der Waals surface area contributed by atoms with Gasteiger partial charge in [0.25, 0.3) is 0 Å². The summed E-state index contributed by atoms with van der Waals surface area (Å²) in [6, 6.07) is 0. The lowest BCUT2D eigenvalue weighted by Gasteiger charge is -2.35. The second-order valence-corrected chi connectivity index (χ2v) is 6.35. The molecule has 0 aliphatic carbocycles. The monoisotopic (exact) mass is 274 g/mol. The molecule has 1 N–H and O–H groups in total. The van der Waals surface area contributed by atoms with E-state index in [1.807, 2.05) is 6.92 Å². The third kappa shape index (κ3) is 3.88. The van der Waals surface area contributed by atoms with Crippen molar-refractivity contribution in [1.29, 1.82) is 0 Å². The van der Waals surface area contributed by atoms with Gasteiger partial charge < -0.3 is 4.52 Å². The summed E-state index contributed by atoms with van der Waals surface area (Å²) in [5, 5.41) is 2.94. The van der Waals surface area contributed by atoms with Crippen LogP contribution in [0.4, 0.5) is 0 Å². The second kappa shape index (κ2) is 6.43. The van der Waals surface area contributed by atoms with Crippen molar-refractivity contribution in [3.8, 4) is 0 Å². The summed E-state index contributed by atoms with van der Waals surface area (Å²) >= 11 is 11.3. The summed E-state index contributed by atoms with van der Waals surface area (Å²) < 4.78 is 19.6. The first-order chi connectivity index (χ1) is 7.12. The molecule has 0 amide bonds. The lowest BCUT2D eigenvalue weighted by Crippen LogP contribution is -2.38. The van der Waals surface area contributed by atoms with Gasteiger partial charge in [0.1, 0.15) is 0 Å². The smallest absolute Gasteiger partial charge is 0.303 e. The van der Waals surface area contributed by atoms with Gasteiger partial charge in [0, 0.05) is 31.4 Å². The van der Waals surface area contributed by atoms with Gasteiger partial charge in [-0.25, -0.2) is 9.76 Å². The Labute approximate surface area is 101 Å². The van der Waals surface area contributed by atoms with Crippen molar-refractivity contribution in [3.05, 3.63) is 0 Å². The summed E-state index contributed by atoms with van der Waals surface area (Å²) in [5.74, 6) is 0.834. The SMILES string of the molecule is C[C@H]1CCN[P@@](=O)(N(CCCl)CCCl)O1. The Morgan fingerprint density at radius 1 is 1.47 bits per heavy atom. The lowest BCUT2D eigenvalue weighted by atomic mass is 10.3. The third-order valence-electron chi connectivity index (χ3n) is 2.24. The molecule has 0 bridgehead atoms. The molecule has 0 aromatic rings. The Morgan fingerprint density at radius 2 is 2.07 bits per heavy atom. The van der Waals surface area contributed by atoms with Gasteiger partial charge in [0.05, 0.1) is 6.10 Å². The Balaban J connectivity index is 2.66. The van der Waals surface area contributed by atoms with Crippen LogP contribution in [0.15, 0.2) is 0 Å². The molecule has 0 unspecified atom stereocenters. The fourth-order valence-electron chi connectivity index (χ4n) is 1.48. The highest BCUT2D eigenvalue weighted by Crippen LogP contribution is 2.49. The zero-order valence-electron chi connectivity index (χ0n) is 8.79. The predicted molar refractivity (Wildman–Crippen MR) is 63.8 cm³/mol. The maximum absolute atomic E-state index is 12.4. The molecule has 15 heavy (non-hydrogen) atoms. The van der Waals surface area contributed by atoms with Crippen molar-refractivity contribution in [2.45, 2.75) is 19.4 Å². The molecule has 7 heteroatoms. The molecule has 1 saturated heterocycles. The minimum absolute atomic E-state index is 0.0187. The summed E-state index contributed by atoms with van der Waals surface area (Å²) in [6.45, 7) is 3.67. The van der Waals surface area contributed by atoms with Crippen LogP contribution >= 0.6 is 30.9 Å². The van der Waals surface area contributed by atoms with Crippen LogP contribution in [0, 0.1) is 0 Å². The lowest BCUT2D eigenvalue weighted by molar-refractivity contribution is 0.162. The molecule has 1 aliphatic heterocycles. The van der Waals surface area contributed by atoms with E-state index in [1.165, 1.54) is 0 Å². The first-order valence-corrected chi connectivity index (χ1v) is 7.68. The Bertz CT molecular complexity index is 237. The molecule has 0 spiro atoms. The van der Waals surface area contributed by atoms with E-state index in [4.69, 9.17) is 27.7 Å². The third-order valence-corrected chi connectivity index (χ3v) is 4.99. The summed E-state index contributed by atoms with van der Waals surface area (Å²) in [7, 11) is -2.90. The van der Waals surface area contributed by atoms with E-state index in [1.54, 1.807) is 4.67 Å². The molecule has 2 atom stereocenters. The fourth-order valence-corrected chi connectivity index (χ4v) is 4.26. The number of nitrogens with one attached hydrogen (secondary N) is 1. The first-order valence-electron chi connectivity index (χ1n) is 5.03. The minimum Gasteiger partial charge on any atom is -0.303 e. The van der Waals surface area contributed by atoms with Gasteiger partial charge in [-0.05, 0) is 13.3 Å². The summed E-state index contributed by atoms with van der Waals surface area (Å²) in [4.78, 5) is 0. The van der Waals surface area contributed by atoms with Crippen molar-refractivity contribution >= 4 is 30.9 Å². The highest BCUT2D eigenvalue weighted by atomic mass is 35.5. The topological polar surface area (TPSA) is 41.6 Å². The van der Waals surface area contributed by atoms with Crippen LogP contribution in [0.3, 0.4) is 0 Å². The van der Waals surface area contributed by atoms with Crippen molar-refractivity contribution < 1.29 is 9.09 Å². The van der Waals surface area contributed by atoms with Crippen molar-refractivity contribution in [2.24, 2.45) is 0 Å². The average Bonchev–Trinajstić information content (AvgIpc) is 2.17. The Hall–Kier alpha value is 0.690. The van der Waals surface area contributed by atoms with Crippen LogP contribution in [0.25, 0.3) is 0 Å². The van der Waals surface area contributed by atoms with E-state index >= 15 is 0 Å². The summed E-state index contributed by atoms with van der Waals surface area (Å²) in [6.07, 6.45) is 0.893. The number of rotatable bonds is 5. The molecule has 1 heterocycles. The van der Waals surface area contributed by atoms with Gasteiger partial charge in [-0.1, -0.05) is 0 Å². The Kier molecular flexibility index (Phi) is 5.90. The molecular formula is C8H17Cl2N2O2P. The van der Waals surface area contributed by atoms with E-state index in [-0.39, 0.29) is 6.10 Å². The van der Waals surface area contributed by atoms with Gasteiger partial charge in [-0.15, -0.1) is 23.2 Å². The van der Waals surface area contributed by atoms with Crippen LogP contribution in [0.2, 0.25) is 0 Å². The predicted octanol–water partition coefficient (Wildman–Crippen LogP) is 2.27. The van der Waals surface area contributed by atoms with Gasteiger partial charge in [0.15, 0.2) is 0 Å². The van der Waals surface area contributed by atoms with Crippen LogP contribution in [-0.4, -0.2) is 42.2 Å². The number of alkyl halides is 2. The quantitative estimate of drug-likeness (QED) is 0.617. The Morgan fingerprint density at radius 3 is 2.53 bits per heavy atom. The molecular weight excluding hydrogens is 258 g/mol. The molecule has 4 nitrogen and oxygen atoms in total. The van der Waals surface area contributed by atoms with Crippen molar-refractivity contribution in [1.82, 2.24) is 9.76 Å². The summed E-state index contributed by atoms with van der Waals surface area (Å²) in [5.41, 5.74) is 0. The number of halogens is 2. The van der Waals surface area contributed by atoms with Gasteiger partial charge in [-0.3, -0.25) is 4.57 Å². The maximum atomic E-state index is 12.4. The molecule has 1 aliphatic rings. The molecule has 1 fully saturated rings. The van der Waals surface area contributed by atoms with E-state index in [0.29, 0.717) is 31.4 Å². The van der Waals surface area contributed by atoms with E-state index in [2.05, 4.69) is 5.09 Å². The van der Waals surface area contributed by atoms with Gasteiger partial charge in [0.2, 0.25) is 0 Å². The molecule has 0 aromatic carbocycles. The molecule has 0 saturated carbocycles. The number of hydrogen-bond donors (Lipinski definition) is 1. The molecule has 1 rings (SSSR count). The minimum atomic E-state index is -2.90. The normalized spacial score (nSPS) is 32.1. The zero-order valence-corrected chi connectivity index (χ0v) is 11.2. The average molecular weight is 275 g/mol. The van der Waals surface area contributed by atoms with E-state index in [0.717, 1.165) is 6.42 Å². The van der Waals surface area contributed by atoms with Crippen LogP contribution in [0.1, 0.15) is 13.3 Å². The van der Waals surface area contributed by atoms with E-state index < -0.39 is 7.67 Å². The number of nitrogens with zero attached hydrogens (tertiary/aromatic N) is 1. The van der Waals surface area contributed by atoms with Gasteiger partial charge in [-0.2, -0.15) is 0 Å². The second-order valence-electron chi connectivity index (χ2n) is 3.46. The molecule has 0 radical (unpaired) electrons. The highest BCUT2D eigenvalue weighted by molar-refractivity contribution is 7.54. The molecule has 90 valence electrons. The van der Waals surface area contributed by atoms with Crippen LogP contribution < -0.4 is 5.09 Å². The van der Waals surface area contributed by atoms with Crippen molar-refractivity contribution in [3.63, 3.8) is 0 Å². The van der Waals surface area contributed by atoms with Gasteiger partial charge >= 0.3 is 7.67 Å². The fraction of sp³-hybridized carbons (Fsp3) is 1.00. The largest absolute Gasteiger partial charge is 0.343 e. The standard InChI is InChI=1S/C8H17Cl2N2O2P/c1-8-2-5-11-15(13,14-8)12(6-3-9)7-4-10/h8H,2-7H2,1H3,(H,11,13)/t8-,15-/m0/s1. The first kappa shape index (κ1) is 13.8. The van der Waals surface area contributed by atoms with Crippen molar-refractivity contribution in [2.75, 3.05) is 31.4 Å². The highest BCUT2D eigenvalue weighted by Gasteiger charge is 2.35. The van der Waals surface area contributed by atoms with Crippen LogP contribution in [-0.2, 0) is 9.09 Å². The van der Waals surface area contributed by atoms with Crippen LogP contribution in [0.5, 0.6) is 0 Å². The molecule has 0 aromatic heterocycles. The van der Waals surface area contributed by atoms with E-state index in [9.17, 15) is 4.57 Å². The maximum Gasteiger partial charge on any atom is 0.343 e. The number of hydrogen-bond acceptors (Lipinski definition) is 2.